The molecule has 2 unspecified atom stereocenters. The molecule has 0 aromatic heterocycles. The average molecular weight is 317 g/mol. The smallest absolute Gasteiger partial charge is 0.228 e. The third-order valence-corrected chi connectivity index (χ3v) is 5.29. The van der Waals surface area contributed by atoms with E-state index in [4.69, 9.17) is 0 Å². The zero-order chi connectivity index (χ0) is 16.1. The topological polar surface area (TPSA) is 58.4 Å². The molecule has 1 heterocycles. The van der Waals surface area contributed by atoms with Crippen molar-refractivity contribution >= 4 is 0 Å². The Morgan fingerprint density at radius 3 is 2.48 bits per heavy atom. The Morgan fingerprint density at radius 2 is 1.78 bits per heavy atom. The highest BCUT2D eigenvalue weighted by atomic mass is 16.6. The molecule has 1 aromatic rings. The second-order valence-corrected chi connectivity index (χ2v) is 6.95. The van der Waals surface area contributed by atoms with E-state index < -0.39 is 0 Å². The minimum absolute atomic E-state index is 0.0681. The minimum Gasteiger partial charge on any atom is -0.305 e. The molecule has 2 aliphatic rings. The van der Waals surface area contributed by atoms with Gasteiger partial charge in [-0.2, -0.15) is 0 Å². The van der Waals surface area contributed by atoms with E-state index >= 15 is 0 Å². The number of rotatable bonds is 5. The number of nitro groups is 1. The van der Waals surface area contributed by atoms with Gasteiger partial charge >= 0.3 is 0 Å². The molecule has 1 aliphatic carbocycles. The molecule has 2 fully saturated rings. The van der Waals surface area contributed by atoms with Gasteiger partial charge in [0.1, 0.15) is 0 Å². The van der Waals surface area contributed by atoms with E-state index in [2.05, 4.69) is 40.5 Å². The van der Waals surface area contributed by atoms with Gasteiger partial charge in [0.15, 0.2) is 0 Å². The third kappa shape index (κ3) is 4.52. The summed E-state index contributed by atoms with van der Waals surface area (Å²) >= 11 is 0. The molecule has 1 aliphatic heterocycles. The van der Waals surface area contributed by atoms with Gasteiger partial charge in [-0.1, -0.05) is 36.8 Å². The summed E-state index contributed by atoms with van der Waals surface area (Å²) in [4.78, 5) is 13.6. The quantitative estimate of drug-likeness (QED) is 0.670. The lowest BCUT2D eigenvalue weighted by Gasteiger charge is -2.36. The van der Waals surface area contributed by atoms with E-state index in [0.29, 0.717) is 6.04 Å². The number of hydrogen-bond acceptors (Lipinski definition) is 4. The van der Waals surface area contributed by atoms with Crippen LogP contribution in [0.2, 0.25) is 0 Å². The molecule has 3 rings (SSSR count). The molecule has 1 saturated carbocycles. The van der Waals surface area contributed by atoms with Gasteiger partial charge < -0.3 is 5.32 Å². The first kappa shape index (κ1) is 16.4. The van der Waals surface area contributed by atoms with Crippen molar-refractivity contribution in [2.24, 2.45) is 0 Å². The number of hydrogen-bond donors (Lipinski definition) is 1. The van der Waals surface area contributed by atoms with Gasteiger partial charge in [0, 0.05) is 23.9 Å². The van der Waals surface area contributed by atoms with E-state index in [9.17, 15) is 10.1 Å². The van der Waals surface area contributed by atoms with E-state index in [0.717, 1.165) is 58.2 Å². The Kier molecular flexibility index (Phi) is 5.62. The monoisotopic (exact) mass is 317 g/mol. The summed E-state index contributed by atoms with van der Waals surface area (Å²) < 4.78 is 0. The van der Waals surface area contributed by atoms with Crippen LogP contribution in [0.5, 0.6) is 0 Å². The summed E-state index contributed by atoms with van der Waals surface area (Å²) in [7, 11) is 0. The molecule has 1 aromatic carbocycles. The zero-order valence-electron chi connectivity index (χ0n) is 13.7. The standard InChI is InChI=1S/C18H27N3O2/c22-21(23)18-9-5-4-8-17(18)19-16-10-12-20(13-11-16)14-15-6-2-1-3-7-15/h1-3,6-7,16-19H,4-5,8-14H2. The maximum atomic E-state index is 11.2. The van der Waals surface area contributed by atoms with Crippen LogP contribution in [0.4, 0.5) is 0 Å². The van der Waals surface area contributed by atoms with E-state index in [1.165, 1.54) is 5.56 Å². The lowest BCUT2D eigenvalue weighted by atomic mass is 9.89. The van der Waals surface area contributed by atoms with Crippen LogP contribution >= 0.6 is 0 Å². The second kappa shape index (κ2) is 7.88. The van der Waals surface area contributed by atoms with Crippen molar-refractivity contribution in [3.05, 3.63) is 46.0 Å². The van der Waals surface area contributed by atoms with Crippen LogP contribution < -0.4 is 5.32 Å². The van der Waals surface area contributed by atoms with Gasteiger partial charge in [0.05, 0.1) is 6.04 Å². The van der Waals surface area contributed by atoms with Crippen molar-refractivity contribution in [1.29, 1.82) is 0 Å². The van der Waals surface area contributed by atoms with Gasteiger partial charge in [-0.3, -0.25) is 15.0 Å². The molecule has 1 N–H and O–H groups in total. The van der Waals surface area contributed by atoms with Crippen LogP contribution in [0, 0.1) is 10.1 Å². The zero-order valence-corrected chi connectivity index (χ0v) is 13.7. The largest absolute Gasteiger partial charge is 0.305 e. The third-order valence-electron chi connectivity index (χ3n) is 5.29. The van der Waals surface area contributed by atoms with Crippen LogP contribution in [0.15, 0.2) is 30.3 Å². The first-order chi connectivity index (χ1) is 11.2. The molecule has 1 saturated heterocycles. The summed E-state index contributed by atoms with van der Waals surface area (Å²) in [6.45, 7) is 3.15. The Bertz CT molecular complexity index is 500. The lowest BCUT2D eigenvalue weighted by Crippen LogP contribution is -2.52. The molecule has 0 spiro atoms. The van der Waals surface area contributed by atoms with Crippen molar-refractivity contribution in [3.63, 3.8) is 0 Å². The predicted octanol–water partition coefficient (Wildman–Crippen LogP) is 2.83. The molecule has 0 bridgehead atoms. The number of nitrogens with one attached hydrogen (secondary N) is 1. The molecular weight excluding hydrogens is 290 g/mol. The van der Waals surface area contributed by atoms with Crippen molar-refractivity contribution in [3.8, 4) is 0 Å². The van der Waals surface area contributed by atoms with Gasteiger partial charge in [0.25, 0.3) is 0 Å². The van der Waals surface area contributed by atoms with Crippen molar-refractivity contribution in [2.75, 3.05) is 13.1 Å². The van der Waals surface area contributed by atoms with E-state index in [-0.39, 0.29) is 17.0 Å². The Labute approximate surface area is 138 Å². The van der Waals surface area contributed by atoms with Crippen LogP contribution in [0.1, 0.15) is 44.1 Å². The first-order valence-electron chi connectivity index (χ1n) is 8.88. The van der Waals surface area contributed by atoms with E-state index in [1.54, 1.807) is 0 Å². The maximum absolute atomic E-state index is 11.2. The average Bonchev–Trinajstić information content (AvgIpc) is 2.58. The van der Waals surface area contributed by atoms with Gasteiger partial charge in [-0.05, 0) is 44.3 Å². The molecule has 5 nitrogen and oxygen atoms in total. The Morgan fingerprint density at radius 1 is 1.09 bits per heavy atom. The summed E-state index contributed by atoms with van der Waals surface area (Å²) in [6.07, 6.45) is 5.99. The summed E-state index contributed by atoms with van der Waals surface area (Å²) in [6, 6.07) is 10.7. The number of piperidine rings is 1. The Hall–Kier alpha value is -1.46. The highest BCUT2D eigenvalue weighted by Gasteiger charge is 2.35. The van der Waals surface area contributed by atoms with E-state index in [1.807, 2.05) is 0 Å². The van der Waals surface area contributed by atoms with Crippen molar-refractivity contribution in [1.82, 2.24) is 10.2 Å². The minimum atomic E-state index is -0.383. The fourth-order valence-electron chi connectivity index (χ4n) is 3.96. The van der Waals surface area contributed by atoms with Gasteiger partial charge in [-0.25, -0.2) is 0 Å². The van der Waals surface area contributed by atoms with Crippen LogP contribution in [0.25, 0.3) is 0 Å². The number of nitrogens with zero attached hydrogens (tertiary/aromatic N) is 2. The molecule has 2 atom stereocenters. The van der Waals surface area contributed by atoms with Crippen molar-refractivity contribution < 1.29 is 4.92 Å². The fourth-order valence-corrected chi connectivity index (χ4v) is 3.96. The van der Waals surface area contributed by atoms with Crippen LogP contribution in [-0.2, 0) is 6.54 Å². The molecule has 23 heavy (non-hydrogen) atoms. The second-order valence-electron chi connectivity index (χ2n) is 6.95. The van der Waals surface area contributed by atoms with Gasteiger partial charge in [0.2, 0.25) is 6.04 Å². The molecular formula is C18H27N3O2. The normalized spacial score (nSPS) is 27.0. The molecule has 0 radical (unpaired) electrons. The molecule has 0 amide bonds. The highest BCUT2D eigenvalue weighted by Crippen LogP contribution is 2.23. The van der Waals surface area contributed by atoms with Crippen LogP contribution in [-0.4, -0.2) is 41.0 Å². The number of benzene rings is 1. The summed E-state index contributed by atoms with van der Waals surface area (Å²) in [5.41, 5.74) is 1.36. The first-order valence-corrected chi connectivity index (χ1v) is 8.88. The Balaban J connectivity index is 1.46. The SMILES string of the molecule is O=[N+]([O-])C1CCCCC1NC1CCN(Cc2ccccc2)CC1. The summed E-state index contributed by atoms with van der Waals surface area (Å²) in [5.74, 6) is 0. The van der Waals surface area contributed by atoms with Crippen LogP contribution in [0.3, 0.4) is 0 Å². The number of likely N-dealkylation sites (tertiary alicyclic amines) is 1. The van der Waals surface area contributed by atoms with Gasteiger partial charge in [-0.15, -0.1) is 0 Å². The predicted molar refractivity (Wildman–Crippen MR) is 90.9 cm³/mol. The maximum Gasteiger partial charge on any atom is 0.228 e. The molecule has 5 heteroatoms. The lowest BCUT2D eigenvalue weighted by molar-refractivity contribution is -0.530. The van der Waals surface area contributed by atoms with Crippen molar-refractivity contribution in [2.45, 2.75) is 63.2 Å². The summed E-state index contributed by atoms with van der Waals surface area (Å²) in [5, 5.41) is 14.8. The fraction of sp³-hybridized carbons (Fsp3) is 0.667. The molecule has 126 valence electrons. The highest BCUT2D eigenvalue weighted by molar-refractivity contribution is 5.14.